The van der Waals surface area contributed by atoms with Crippen LogP contribution in [0.25, 0.3) is 0 Å². The van der Waals surface area contributed by atoms with Crippen molar-refractivity contribution in [1.29, 1.82) is 0 Å². The van der Waals surface area contributed by atoms with E-state index in [0.29, 0.717) is 11.5 Å². The number of piperidine rings is 1. The molecule has 1 unspecified atom stereocenters. The van der Waals surface area contributed by atoms with Crippen molar-refractivity contribution < 1.29 is 0 Å². The van der Waals surface area contributed by atoms with E-state index < -0.39 is 0 Å². The van der Waals surface area contributed by atoms with Crippen LogP contribution in [0.2, 0.25) is 0 Å². The van der Waals surface area contributed by atoms with Gasteiger partial charge in [-0.05, 0) is 38.3 Å². The SMILES string of the molecule is CC(NCC1(C)CCNCC1)c1nccs1. The molecule has 90 valence electrons. The molecule has 0 amide bonds. The van der Waals surface area contributed by atoms with Crippen LogP contribution in [0, 0.1) is 5.41 Å². The van der Waals surface area contributed by atoms with E-state index in [2.05, 4.69) is 29.5 Å². The lowest BCUT2D eigenvalue weighted by Gasteiger charge is -2.35. The number of hydrogen-bond donors (Lipinski definition) is 2. The Morgan fingerprint density at radius 2 is 2.31 bits per heavy atom. The molecule has 1 aromatic heterocycles. The minimum absolute atomic E-state index is 0.381. The fourth-order valence-electron chi connectivity index (χ4n) is 2.14. The zero-order chi connectivity index (χ0) is 11.4. The van der Waals surface area contributed by atoms with Crippen molar-refractivity contribution in [2.45, 2.75) is 32.7 Å². The summed E-state index contributed by atoms with van der Waals surface area (Å²) in [5.41, 5.74) is 0.455. The summed E-state index contributed by atoms with van der Waals surface area (Å²) in [7, 11) is 0. The summed E-state index contributed by atoms with van der Waals surface area (Å²) < 4.78 is 0. The highest BCUT2D eigenvalue weighted by atomic mass is 32.1. The number of nitrogens with one attached hydrogen (secondary N) is 2. The normalized spacial score (nSPS) is 21.9. The lowest BCUT2D eigenvalue weighted by atomic mass is 9.81. The Bertz CT molecular complexity index is 304. The minimum Gasteiger partial charge on any atom is -0.317 e. The maximum Gasteiger partial charge on any atom is 0.109 e. The molecule has 0 aliphatic carbocycles. The number of rotatable bonds is 4. The van der Waals surface area contributed by atoms with E-state index in [9.17, 15) is 0 Å². The van der Waals surface area contributed by atoms with Crippen molar-refractivity contribution in [2.75, 3.05) is 19.6 Å². The molecule has 1 atom stereocenters. The van der Waals surface area contributed by atoms with Crippen LogP contribution in [-0.2, 0) is 0 Å². The van der Waals surface area contributed by atoms with Crippen molar-refractivity contribution in [3.63, 3.8) is 0 Å². The monoisotopic (exact) mass is 239 g/mol. The average Bonchev–Trinajstić information content (AvgIpc) is 2.80. The van der Waals surface area contributed by atoms with E-state index >= 15 is 0 Å². The third-order valence-corrected chi connectivity index (χ3v) is 4.43. The van der Waals surface area contributed by atoms with E-state index in [-0.39, 0.29) is 0 Å². The molecule has 3 nitrogen and oxygen atoms in total. The van der Waals surface area contributed by atoms with E-state index in [1.165, 1.54) is 17.8 Å². The van der Waals surface area contributed by atoms with E-state index in [0.717, 1.165) is 19.6 Å². The van der Waals surface area contributed by atoms with Crippen LogP contribution in [0.3, 0.4) is 0 Å². The Morgan fingerprint density at radius 1 is 1.56 bits per heavy atom. The third-order valence-electron chi connectivity index (χ3n) is 3.47. The van der Waals surface area contributed by atoms with Crippen molar-refractivity contribution in [3.05, 3.63) is 16.6 Å². The van der Waals surface area contributed by atoms with Crippen LogP contribution in [0.1, 0.15) is 37.7 Å². The van der Waals surface area contributed by atoms with Crippen LogP contribution >= 0.6 is 11.3 Å². The first-order chi connectivity index (χ1) is 7.70. The average molecular weight is 239 g/mol. The van der Waals surface area contributed by atoms with E-state index in [1.54, 1.807) is 11.3 Å². The summed E-state index contributed by atoms with van der Waals surface area (Å²) in [6.07, 6.45) is 4.42. The first kappa shape index (κ1) is 12.0. The molecule has 1 fully saturated rings. The van der Waals surface area contributed by atoms with Gasteiger partial charge >= 0.3 is 0 Å². The molecule has 1 aromatic rings. The molecule has 0 spiro atoms. The van der Waals surface area contributed by atoms with Gasteiger partial charge in [-0.3, -0.25) is 0 Å². The fraction of sp³-hybridized carbons (Fsp3) is 0.750. The van der Waals surface area contributed by atoms with Crippen molar-refractivity contribution in [1.82, 2.24) is 15.6 Å². The maximum absolute atomic E-state index is 4.35. The molecule has 2 heterocycles. The summed E-state index contributed by atoms with van der Waals surface area (Å²) in [6, 6.07) is 0.381. The molecule has 1 aliphatic heterocycles. The minimum atomic E-state index is 0.381. The van der Waals surface area contributed by atoms with Gasteiger partial charge < -0.3 is 10.6 Å². The molecule has 1 saturated heterocycles. The van der Waals surface area contributed by atoms with Crippen LogP contribution < -0.4 is 10.6 Å². The molecule has 16 heavy (non-hydrogen) atoms. The highest BCUT2D eigenvalue weighted by molar-refractivity contribution is 7.09. The topological polar surface area (TPSA) is 37.0 Å². The second-order valence-electron chi connectivity index (χ2n) is 5.03. The number of thiazole rings is 1. The summed E-state index contributed by atoms with van der Waals surface area (Å²) in [5, 5.41) is 10.3. The van der Waals surface area contributed by atoms with E-state index in [1.807, 2.05) is 11.6 Å². The van der Waals surface area contributed by atoms with Gasteiger partial charge in [-0.15, -0.1) is 11.3 Å². The zero-order valence-corrected chi connectivity index (χ0v) is 10.9. The number of nitrogens with zero attached hydrogens (tertiary/aromatic N) is 1. The van der Waals surface area contributed by atoms with Gasteiger partial charge in [0.05, 0.1) is 6.04 Å². The smallest absolute Gasteiger partial charge is 0.109 e. The highest BCUT2D eigenvalue weighted by Gasteiger charge is 2.26. The van der Waals surface area contributed by atoms with Crippen LogP contribution in [0.15, 0.2) is 11.6 Å². The van der Waals surface area contributed by atoms with Gasteiger partial charge in [0, 0.05) is 18.1 Å². The Balaban J connectivity index is 1.82. The number of aromatic nitrogens is 1. The molecular weight excluding hydrogens is 218 g/mol. The first-order valence-corrected chi connectivity index (χ1v) is 6.91. The Kier molecular flexibility index (Phi) is 3.95. The molecular formula is C12H21N3S. The number of hydrogen-bond acceptors (Lipinski definition) is 4. The highest BCUT2D eigenvalue weighted by Crippen LogP contribution is 2.28. The van der Waals surface area contributed by atoms with Crippen LogP contribution in [-0.4, -0.2) is 24.6 Å². The molecule has 0 bridgehead atoms. The first-order valence-electron chi connectivity index (χ1n) is 6.03. The molecule has 2 N–H and O–H groups in total. The predicted molar refractivity (Wildman–Crippen MR) is 68.7 cm³/mol. The summed E-state index contributed by atoms with van der Waals surface area (Å²) >= 11 is 1.73. The third kappa shape index (κ3) is 3.03. The van der Waals surface area contributed by atoms with E-state index in [4.69, 9.17) is 0 Å². The van der Waals surface area contributed by atoms with Gasteiger partial charge in [0.1, 0.15) is 5.01 Å². The molecule has 4 heteroatoms. The van der Waals surface area contributed by atoms with Gasteiger partial charge in [-0.2, -0.15) is 0 Å². The van der Waals surface area contributed by atoms with Crippen LogP contribution in [0.5, 0.6) is 0 Å². The summed E-state index contributed by atoms with van der Waals surface area (Å²) in [4.78, 5) is 4.35. The molecule has 0 saturated carbocycles. The van der Waals surface area contributed by atoms with Gasteiger partial charge in [-0.1, -0.05) is 6.92 Å². The Morgan fingerprint density at radius 3 is 2.94 bits per heavy atom. The molecule has 2 rings (SSSR count). The molecule has 0 aromatic carbocycles. The van der Waals surface area contributed by atoms with Gasteiger partial charge in [0.15, 0.2) is 0 Å². The van der Waals surface area contributed by atoms with Crippen molar-refractivity contribution in [3.8, 4) is 0 Å². The lowest BCUT2D eigenvalue weighted by Crippen LogP contribution is -2.41. The lowest BCUT2D eigenvalue weighted by molar-refractivity contribution is 0.214. The summed E-state index contributed by atoms with van der Waals surface area (Å²) in [5.74, 6) is 0. The Labute approximate surface area is 102 Å². The second kappa shape index (κ2) is 5.25. The zero-order valence-electron chi connectivity index (χ0n) is 10.1. The summed E-state index contributed by atoms with van der Waals surface area (Å²) in [6.45, 7) is 7.99. The predicted octanol–water partition coefficient (Wildman–Crippen LogP) is 2.18. The standard InChI is InChI=1S/C12H21N3S/c1-10(11-14-7-8-16-11)15-9-12(2)3-5-13-6-4-12/h7-8,10,13,15H,3-6,9H2,1-2H3. The molecule has 0 radical (unpaired) electrons. The fourth-order valence-corrected chi connectivity index (χ4v) is 2.81. The quantitative estimate of drug-likeness (QED) is 0.845. The Hall–Kier alpha value is -0.450. The largest absolute Gasteiger partial charge is 0.317 e. The van der Waals surface area contributed by atoms with Crippen LogP contribution in [0.4, 0.5) is 0 Å². The maximum atomic E-state index is 4.35. The van der Waals surface area contributed by atoms with Gasteiger partial charge in [0.2, 0.25) is 0 Å². The molecule has 1 aliphatic rings. The van der Waals surface area contributed by atoms with Crippen molar-refractivity contribution in [2.24, 2.45) is 5.41 Å². The van der Waals surface area contributed by atoms with Gasteiger partial charge in [0.25, 0.3) is 0 Å². The van der Waals surface area contributed by atoms with Gasteiger partial charge in [-0.25, -0.2) is 4.98 Å². The van der Waals surface area contributed by atoms with Crippen molar-refractivity contribution >= 4 is 11.3 Å². The second-order valence-corrected chi connectivity index (χ2v) is 5.96.